The maximum absolute atomic E-state index is 12.0. The Morgan fingerprint density at radius 1 is 1.07 bits per heavy atom. The zero-order valence-electron chi connectivity index (χ0n) is 15.4. The highest BCUT2D eigenvalue weighted by Crippen LogP contribution is 2.17. The average Bonchev–Trinajstić information content (AvgIpc) is 3.15. The van der Waals surface area contributed by atoms with Crippen molar-refractivity contribution in [1.82, 2.24) is 14.6 Å². The summed E-state index contributed by atoms with van der Waals surface area (Å²) >= 11 is 0. The predicted octanol–water partition coefficient (Wildman–Crippen LogP) is 3.79. The van der Waals surface area contributed by atoms with Crippen molar-refractivity contribution in [2.45, 2.75) is 32.7 Å². The highest BCUT2D eigenvalue weighted by molar-refractivity contribution is 5.47. The Labute approximate surface area is 156 Å². The third-order valence-electron chi connectivity index (χ3n) is 3.91. The molecule has 5 nitrogen and oxygen atoms in total. The number of fused-ring (bicyclic) bond motifs is 1. The van der Waals surface area contributed by atoms with Crippen molar-refractivity contribution >= 4 is 11.5 Å². The molecule has 0 unspecified atom stereocenters. The van der Waals surface area contributed by atoms with Crippen molar-refractivity contribution in [2.75, 3.05) is 18.0 Å². The van der Waals surface area contributed by atoms with Gasteiger partial charge in [-0.05, 0) is 31.0 Å². The molecule has 1 aliphatic rings. The van der Waals surface area contributed by atoms with E-state index in [1.54, 1.807) is 10.7 Å². The van der Waals surface area contributed by atoms with Crippen LogP contribution in [-0.4, -0.2) is 33.7 Å². The summed E-state index contributed by atoms with van der Waals surface area (Å²) < 4.78 is 37.6. The van der Waals surface area contributed by atoms with Gasteiger partial charge in [0.05, 0.1) is 6.20 Å². The number of hydrogen-bond acceptors (Lipinski definition) is 4. The van der Waals surface area contributed by atoms with Gasteiger partial charge in [-0.3, -0.25) is 0 Å². The summed E-state index contributed by atoms with van der Waals surface area (Å²) in [7, 11) is 0. The van der Waals surface area contributed by atoms with E-state index in [1.165, 1.54) is 0 Å². The molecule has 1 aromatic carbocycles. The number of halogens is 3. The number of rotatable bonds is 1. The fourth-order valence-electron chi connectivity index (χ4n) is 2.67. The lowest BCUT2D eigenvalue weighted by atomic mass is 10.1. The van der Waals surface area contributed by atoms with Crippen LogP contribution in [0, 0.1) is 17.5 Å². The van der Waals surface area contributed by atoms with Gasteiger partial charge in [-0.2, -0.15) is 5.10 Å². The molecular formula is C19H24F3N5. The summed E-state index contributed by atoms with van der Waals surface area (Å²) in [4.78, 5) is 6.82. The number of piperidine rings is 1. The highest BCUT2D eigenvalue weighted by Gasteiger charge is 2.17. The minimum Gasteiger partial charge on any atom is -0.355 e. The van der Waals surface area contributed by atoms with Gasteiger partial charge in [-0.1, -0.05) is 13.8 Å². The second-order valence-corrected chi connectivity index (χ2v) is 5.83. The summed E-state index contributed by atoms with van der Waals surface area (Å²) in [6.45, 7) is 5.95. The molecule has 1 saturated heterocycles. The highest BCUT2D eigenvalue weighted by atomic mass is 19.2. The molecule has 3 aromatic rings. The van der Waals surface area contributed by atoms with Gasteiger partial charge in [0.15, 0.2) is 17.3 Å². The van der Waals surface area contributed by atoms with Crippen LogP contribution in [0.5, 0.6) is 0 Å². The first-order valence-corrected chi connectivity index (χ1v) is 8.94. The molecule has 0 aliphatic carbocycles. The zero-order valence-corrected chi connectivity index (χ0v) is 15.4. The van der Waals surface area contributed by atoms with Gasteiger partial charge in [-0.15, -0.1) is 0 Å². The molecule has 146 valence electrons. The summed E-state index contributed by atoms with van der Waals surface area (Å²) in [6.07, 6.45) is 5.96. The predicted molar refractivity (Wildman–Crippen MR) is 100 cm³/mol. The van der Waals surface area contributed by atoms with Crippen molar-refractivity contribution < 1.29 is 13.2 Å². The van der Waals surface area contributed by atoms with Crippen LogP contribution in [0.3, 0.4) is 0 Å². The Kier molecular flexibility index (Phi) is 7.60. The third kappa shape index (κ3) is 5.68. The number of benzene rings is 1. The smallest absolute Gasteiger partial charge is 0.161 e. The molecule has 27 heavy (non-hydrogen) atoms. The van der Waals surface area contributed by atoms with Gasteiger partial charge in [0.1, 0.15) is 11.6 Å². The van der Waals surface area contributed by atoms with Gasteiger partial charge in [0.2, 0.25) is 0 Å². The Morgan fingerprint density at radius 2 is 1.85 bits per heavy atom. The molecule has 0 amide bonds. The minimum absolute atomic E-state index is 0.275. The molecule has 1 aliphatic heterocycles. The largest absolute Gasteiger partial charge is 0.355 e. The van der Waals surface area contributed by atoms with Crippen molar-refractivity contribution in [3.8, 4) is 0 Å². The molecule has 8 heteroatoms. The summed E-state index contributed by atoms with van der Waals surface area (Å²) in [5.41, 5.74) is 6.85. The monoisotopic (exact) mass is 379 g/mol. The maximum atomic E-state index is 12.0. The van der Waals surface area contributed by atoms with Gasteiger partial charge in [-0.25, -0.2) is 22.7 Å². The van der Waals surface area contributed by atoms with E-state index in [-0.39, 0.29) is 6.04 Å². The van der Waals surface area contributed by atoms with Crippen LogP contribution in [0.1, 0.15) is 26.7 Å². The third-order valence-corrected chi connectivity index (χ3v) is 3.91. The maximum Gasteiger partial charge on any atom is 0.161 e. The molecule has 0 bridgehead atoms. The molecule has 1 atom stereocenters. The van der Waals surface area contributed by atoms with E-state index in [0.717, 1.165) is 49.5 Å². The Morgan fingerprint density at radius 3 is 2.52 bits per heavy atom. The van der Waals surface area contributed by atoms with Crippen molar-refractivity contribution in [1.29, 1.82) is 0 Å². The molecule has 2 aromatic heterocycles. The van der Waals surface area contributed by atoms with Gasteiger partial charge >= 0.3 is 0 Å². The van der Waals surface area contributed by atoms with Crippen LogP contribution >= 0.6 is 0 Å². The number of aromatic nitrogens is 3. The number of nitrogens with two attached hydrogens (primary N) is 1. The average molecular weight is 379 g/mol. The van der Waals surface area contributed by atoms with Gasteiger partial charge in [0, 0.05) is 37.5 Å². The van der Waals surface area contributed by atoms with E-state index in [1.807, 2.05) is 32.2 Å². The fraction of sp³-hybridized carbons (Fsp3) is 0.368. The van der Waals surface area contributed by atoms with Crippen LogP contribution in [0.25, 0.3) is 5.65 Å². The quantitative estimate of drug-likeness (QED) is 0.654. The van der Waals surface area contributed by atoms with Crippen LogP contribution in [0.15, 0.2) is 42.7 Å². The summed E-state index contributed by atoms with van der Waals surface area (Å²) in [5, 5.41) is 4.13. The van der Waals surface area contributed by atoms with Crippen LogP contribution in [-0.2, 0) is 0 Å². The first kappa shape index (κ1) is 20.7. The van der Waals surface area contributed by atoms with Crippen molar-refractivity contribution in [3.05, 3.63) is 60.2 Å². The molecule has 0 spiro atoms. The van der Waals surface area contributed by atoms with Crippen LogP contribution in [0.4, 0.5) is 19.0 Å². The lowest BCUT2D eigenvalue weighted by Crippen LogP contribution is -2.43. The molecule has 0 radical (unpaired) electrons. The molecule has 2 N–H and O–H groups in total. The first-order chi connectivity index (χ1) is 13.0. The van der Waals surface area contributed by atoms with E-state index in [2.05, 4.69) is 15.0 Å². The molecule has 3 heterocycles. The number of anilines is 1. The topological polar surface area (TPSA) is 59.5 Å². The van der Waals surface area contributed by atoms with E-state index in [4.69, 9.17) is 5.73 Å². The SMILES string of the molecule is CC.Fc1ccc(F)c(F)c1.N[C@@H]1CCCN(c2ccn3nccc3n2)C1. The minimum atomic E-state index is -1.16. The Bertz CT molecular complexity index is 852. The fourth-order valence-corrected chi connectivity index (χ4v) is 2.67. The summed E-state index contributed by atoms with van der Waals surface area (Å²) in [5.74, 6) is -1.96. The molecule has 4 rings (SSSR count). The Balaban J connectivity index is 0.000000203. The second kappa shape index (κ2) is 9.91. The van der Waals surface area contributed by atoms with E-state index in [0.29, 0.717) is 6.07 Å². The second-order valence-electron chi connectivity index (χ2n) is 5.83. The molecule has 1 fully saturated rings. The van der Waals surface area contributed by atoms with Crippen LogP contribution < -0.4 is 10.6 Å². The van der Waals surface area contributed by atoms with E-state index >= 15 is 0 Å². The van der Waals surface area contributed by atoms with Crippen molar-refractivity contribution in [2.24, 2.45) is 5.73 Å². The number of hydrogen-bond donors (Lipinski definition) is 1. The van der Waals surface area contributed by atoms with Gasteiger partial charge in [0.25, 0.3) is 0 Å². The first-order valence-electron chi connectivity index (χ1n) is 8.94. The van der Waals surface area contributed by atoms with Crippen LogP contribution in [0.2, 0.25) is 0 Å². The van der Waals surface area contributed by atoms with Gasteiger partial charge < -0.3 is 10.6 Å². The zero-order chi connectivity index (χ0) is 19.8. The Hall–Kier alpha value is -2.61. The molecular weight excluding hydrogens is 355 g/mol. The lowest BCUT2D eigenvalue weighted by Gasteiger charge is -2.31. The summed E-state index contributed by atoms with van der Waals surface area (Å²) in [6, 6.07) is 6.28. The van der Waals surface area contributed by atoms with Crippen molar-refractivity contribution in [3.63, 3.8) is 0 Å². The lowest BCUT2D eigenvalue weighted by molar-refractivity contribution is 0.495. The standard InChI is InChI=1S/C11H15N5.C6H3F3.C2H6/c12-9-2-1-6-15(8-9)10-4-7-16-11(14-10)3-5-13-16;7-4-1-2-5(8)6(9)3-4;1-2/h3-5,7,9H,1-2,6,8,12H2;1-3H;1-2H3/t9-;;/m1../s1. The normalized spacial score (nSPS) is 16.2. The molecule has 0 saturated carbocycles. The van der Waals surface area contributed by atoms with E-state index < -0.39 is 17.5 Å². The van der Waals surface area contributed by atoms with E-state index in [9.17, 15) is 13.2 Å². The number of nitrogens with zero attached hydrogens (tertiary/aromatic N) is 4.